The molecule has 0 aromatic carbocycles. The van der Waals surface area contributed by atoms with Crippen LogP contribution in [0.25, 0.3) is 0 Å². The SMILES string of the molecule is CSCCCCCNC1CCCC1CNC(=O)OC(C)(C)C. The van der Waals surface area contributed by atoms with E-state index in [1.165, 1.54) is 44.3 Å². The molecule has 0 aliphatic heterocycles. The lowest BCUT2D eigenvalue weighted by Gasteiger charge is -2.23. The summed E-state index contributed by atoms with van der Waals surface area (Å²) in [5.41, 5.74) is -0.422. The van der Waals surface area contributed by atoms with Crippen LogP contribution in [0.3, 0.4) is 0 Å². The minimum atomic E-state index is -0.422. The third-order valence-electron chi connectivity index (χ3n) is 4.00. The maximum atomic E-state index is 11.7. The summed E-state index contributed by atoms with van der Waals surface area (Å²) in [6.45, 7) is 7.50. The molecular weight excluding hydrogens is 296 g/mol. The van der Waals surface area contributed by atoms with E-state index in [-0.39, 0.29) is 6.09 Å². The fourth-order valence-corrected chi connectivity index (χ4v) is 3.41. The monoisotopic (exact) mass is 330 g/mol. The highest BCUT2D eigenvalue weighted by atomic mass is 32.2. The molecule has 130 valence electrons. The quantitative estimate of drug-likeness (QED) is 0.631. The normalized spacial score (nSPS) is 21.8. The molecule has 0 radical (unpaired) electrons. The number of hydrogen-bond acceptors (Lipinski definition) is 4. The second-order valence-electron chi connectivity index (χ2n) is 7.19. The maximum Gasteiger partial charge on any atom is 0.407 e. The number of nitrogens with one attached hydrogen (secondary N) is 2. The Morgan fingerprint density at radius 3 is 2.68 bits per heavy atom. The van der Waals surface area contributed by atoms with E-state index in [1.807, 2.05) is 32.5 Å². The third kappa shape index (κ3) is 8.89. The number of hydrogen-bond donors (Lipinski definition) is 2. The predicted molar refractivity (Wildman–Crippen MR) is 95.6 cm³/mol. The van der Waals surface area contributed by atoms with Gasteiger partial charge in [0.15, 0.2) is 0 Å². The molecule has 1 saturated carbocycles. The topological polar surface area (TPSA) is 50.4 Å². The molecule has 0 aromatic rings. The highest BCUT2D eigenvalue weighted by molar-refractivity contribution is 7.98. The molecule has 0 aromatic heterocycles. The number of unbranched alkanes of at least 4 members (excludes halogenated alkanes) is 2. The number of rotatable bonds is 9. The largest absolute Gasteiger partial charge is 0.444 e. The van der Waals surface area contributed by atoms with Crippen LogP contribution >= 0.6 is 11.8 Å². The Morgan fingerprint density at radius 1 is 1.23 bits per heavy atom. The van der Waals surface area contributed by atoms with Gasteiger partial charge in [0.1, 0.15) is 5.60 Å². The first-order valence-corrected chi connectivity index (χ1v) is 10.0. The van der Waals surface area contributed by atoms with Crippen LogP contribution < -0.4 is 10.6 Å². The van der Waals surface area contributed by atoms with Crippen molar-refractivity contribution in [3.8, 4) is 0 Å². The summed E-state index contributed by atoms with van der Waals surface area (Å²) in [5.74, 6) is 1.81. The Morgan fingerprint density at radius 2 is 2.00 bits per heavy atom. The van der Waals surface area contributed by atoms with Crippen molar-refractivity contribution in [2.75, 3.05) is 25.1 Å². The maximum absolute atomic E-state index is 11.7. The van der Waals surface area contributed by atoms with Gasteiger partial charge in [0.2, 0.25) is 0 Å². The van der Waals surface area contributed by atoms with E-state index in [2.05, 4.69) is 16.9 Å². The molecular formula is C17H34N2O2S. The third-order valence-corrected chi connectivity index (χ3v) is 4.70. The number of ether oxygens (including phenoxy) is 1. The fraction of sp³-hybridized carbons (Fsp3) is 0.941. The van der Waals surface area contributed by atoms with E-state index >= 15 is 0 Å². The van der Waals surface area contributed by atoms with Crippen LogP contribution in [0.15, 0.2) is 0 Å². The Balaban J connectivity index is 2.16. The first-order valence-electron chi connectivity index (χ1n) is 8.61. The molecule has 0 spiro atoms. The standard InChI is InChI=1S/C17H34N2O2S/c1-17(2,3)21-16(20)19-13-14-9-8-10-15(14)18-11-6-5-7-12-22-4/h14-15,18H,5-13H2,1-4H3,(H,19,20). The van der Waals surface area contributed by atoms with E-state index in [0.29, 0.717) is 12.0 Å². The van der Waals surface area contributed by atoms with Crippen LogP contribution in [0.1, 0.15) is 59.3 Å². The predicted octanol–water partition coefficient (Wildman–Crippen LogP) is 3.80. The highest BCUT2D eigenvalue weighted by Gasteiger charge is 2.27. The second kappa shape index (κ2) is 10.4. The van der Waals surface area contributed by atoms with Gasteiger partial charge in [-0.05, 0) is 70.9 Å². The summed E-state index contributed by atoms with van der Waals surface area (Å²) >= 11 is 1.93. The van der Waals surface area contributed by atoms with Crippen molar-refractivity contribution in [3.05, 3.63) is 0 Å². The van der Waals surface area contributed by atoms with Crippen molar-refractivity contribution in [2.45, 2.75) is 70.9 Å². The molecule has 2 unspecified atom stereocenters. The number of carbonyl (C=O) groups excluding carboxylic acids is 1. The van der Waals surface area contributed by atoms with Gasteiger partial charge in [0, 0.05) is 12.6 Å². The van der Waals surface area contributed by atoms with E-state index in [4.69, 9.17) is 4.74 Å². The molecule has 1 aliphatic carbocycles. The van der Waals surface area contributed by atoms with E-state index in [0.717, 1.165) is 13.1 Å². The lowest BCUT2D eigenvalue weighted by atomic mass is 10.0. The lowest BCUT2D eigenvalue weighted by molar-refractivity contribution is 0.0517. The van der Waals surface area contributed by atoms with Crippen molar-refractivity contribution in [2.24, 2.45) is 5.92 Å². The van der Waals surface area contributed by atoms with Crippen molar-refractivity contribution >= 4 is 17.9 Å². The molecule has 1 amide bonds. The molecule has 1 aliphatic rings. The average molecular weight is 331 g/mol. The van der Waals surface area contributed by atoms with Crippen molar-refractivity contribution in [1.29, 1.82) is 0 Å². The van der Waals surface area contributed by atoms with Crippen LogP contribution in [0, 0.1) is 5.92 Å². The Kier molecular flexibility index (Phi) is 9.25. The summed E-state index contributed by atoms with van der Waals surface area (Å²) in [4.78, 5) is 11.7. The summed E-state index contributed by atoms with van der Waals surface area (Å²) in [6.07, 6.45) is 9.42. The Labute approximate surface area is 140 Å². The van der Waals surface area contributed by atoms with Crippen LogP contribution in [-0.4, -0.2) is 42.8 Å². The second-order valence-corrected chi connectivity index (χ2v) is 8.17. The molecule has 2 N–H and O–H groups in total. The van der Waals surface area contributed by atoms with Gasteiger partial charge in [-0.15, -0.1) is 0 Å². The molecule has 1 rings (SSSR count). The van der Waals surface area contributed by atoms with Crippen molar-refractivity contribution < 1.29 is 9.53 Å². The van der Waals surface area contributed by atoms with Gasteiger partial charge in [-0.2, -0.15) is 11.8 Å². The van der Waals surface area contributed by atoms with Gasteiger partial charge < -0.3 is 15.4 Å². The first-order chi connectivity index (χ1) is 10.4. The number of alkyl carbamates (subject to hydrolysis) is 1. The number of thioether (sulfide) groups is 1. The van der Waals surface area contributed by atoms with Gasteiger partial charge in [0.05, 0.1) is 0 Å². The fourth-order valence-electron chi connectivity index (χ4n) is 2.91. The summed E-state index contributed by atoms with van der Waals surface area (Å²) in [5, 5.41) is 6.61. The van der Waals surface area contributed by atoms with E-state index in [9.17, 15) is 4.79 Å². The average Bonchev–Trinajstić information content (AvgIpc) is 2.86. The van der Waals surface area contributed by atoms with Gasteiger partial charge in [-0.3, -0.25) is 0 Å². The molecule has 4 nitrogen and oxygen atoms in total. The van der Waals surface area contributed by atoms with Gasteiger partial charge in [0.25, 0.3) is 0 Å². The number of carbonyl (C=O) groups is 1. The van der Waals surface area contributed by atoms with E-state index in [1.54, 1.807) is 0 Å². The Bertz CT molecular complexity index is 318. The van der Waals surface area contributed by atoms with Crippen molar-refractivity contribution in [1.82, 2.24) is 10.6 Å². The molecule has 5 heteroatoms. The smallest absolute Gasteiger partial charge is 0.407 e. The minimum absolute atomic E-state index is 0.296. The first kappa shape index (κ1) is 19.6. The van der Waals surface area contributed by atoms with Crippen LogP contribution in [0.2, 0.25) is 0 Å². The molecule has 2 atom stereocenters. The Hall–Kier alpha value is -0.420. The van der Waals surface area contributed by atoms with Crippen LogP contribution in [0.4, 0.5) is 4.79 Å². The zero-order chi connectivity index (χ0) is 16.4. The molecule has 1 fully saturated rings. The highest BCUT2D eigenvalue weighted by Crippen LogP contribution is 2.25. The van der Waals surface area contributed by atoms with Gasteiger partial charge in [-0.1, -0.05) is 12.8 Å². The summed E-state index contributed by atoms with van der Waals surface area (Å²) in [6, 6.07) is 0.551. The van der Waals surface area contributed by atoms with Gasteiger partial charge >= 0.3 is 6.09 Å². The van der Waals surface area contributed by atoms with Crippen LogP contribution in [-0.2, 0) is 4.74 Å². The molecule has 0 saturated heterocycles. The minimum Gasteiger partial charge on any atom is -0.444 e. The van der Waals surface area contributed by atoms with Gasteiger partial charge in [-0.25, -0.2) is 4.79 Å². The molecule has 0 heterocycles. The summed E-state index contributed by atoms with van der Waals surface area (Å²) in [7, 11) is 0. The lowest BCUT2D eigenvalue weighted by Crippen LogP contribution is -2.41. The number of amides is 1. The molecule has 0 bridgehead atoms. The van der Waals surface area contributed by atoms with E-state index < -0.39 is 5.60 Å². The molecule has 22 heavy (non-hydrogen) atoms. The summed E-state index contributed by atoms with van der Waals surface area (Å²) < 4.78 is 5.30. The zero-order valence-electron chi connectivity index (χ0n) is 14.7. The van der Waals surface area contributed by atoms with Crippen LogP contribution in [0.5, 0.6) is 0 Å². The zero-order valence-corrected chi connectivity index (χ0v) is 15.6. The van der Waals surface area contributed by atoms with Crippen molar-refractivity contribution in [3.63, 3.8) is 0 Å².